The fourth-order valence-electron chi connectivity index (χ4n) is 2.31. The minimum atomic E-state index is -0.572. The van der Waals surface area contributed by atoms with Gasteiger partial charge in [0.25, 0.3) is 5.69 Å². The molecule has 0 fully saturated rings. The number of ether oxygens (including phenoxy) is 1. The van der Waals surface area contributed by atoms with Crippen LogP contribution in [0.5, 0.6) is 11.5 Å². The number of amides is 2. The monoisotopic (exact) mass is 451 g/mol. The molecule has 7 nitrogen and oxygen atoms in total. The van der Waals surface area contributed by atoms with Crippen molar-refractivity contribution in [2.24, 2.45) is 0 Å². The number of nitrogens with zero attached hydrogens (tertiary/aromatic N) is 1. The van der Waals surface area contributed by atoms with Crippen molar-refractivity contribution in [3.8, 4) is 11.5 Å². The third-order valence-corrected chi connectivity index (χ3v) is 4.44. The summed E-state index contributed by atoms with van der Waals surface area (Å²) in [5, 5.41) is 16.7. The molecular formula is C19H12Cl3N3O4. The van der Waals surface area contributed by atoms with Crippen LogP contribution in [0.4, 0.5) is 21.9 Å². The highest BCUT2D eigenvalue weighted by atomic mass is 35.5. The zero-order chi connectivity index (χ0) is 21.0. The highest BCUT2D eigenvalue weighted by molar-refractivity contribution is 6.37. The van der Waals surface area contributed by atoms with Crippen LogP contribution in [0.25, 0.3) is 0 Å². The van der Waals surface area contributed by atoms with Crippen LogP contribution in [0.3, 0.4) is 0 Å². The van der Waals surface area contributed by atoms with Crippen molar-refractivity contribution in [2.75, 3.05) is 10.6 Å². The molecule has 0 unspecified atom stereocenters. The Morgan fingerprint density at radius 1 is 0.862 bits per heavy atom. The van der Waals surface area contributed by atoms with Gasteiger partial charge in [-0.3, -0.25) is 10.1 Å². The summed E-state index contributed by atoms with van der Waals surface area (Å²) in [6.07, 6.45) is 0. The Kier molecular flexibility index (Phi) is 6.43. The van der Waals surface area contributed by atoms with Gasteiger partial charge >= 0.3 is 6.03 Å². The lowest BCUT2D eigenvalue weighted by Crippen LogP contribution is -2.19. The van der Waals surface area contributed by atoms with Gasteiger partial charge in [0.15, 0.2) is 5.75 Å². The summed E-state index contributed by atoms with van der Waals surface area (Å²) in [5.41, 5.74) is 0.640. The molecule has 0 bridgehead atoms. The number of carbonyl (C=O) groups is 1. The van der Waals surface area contributed by atoms with Crippen LogP contribution in [-0.2, 0) is 0 Å². The molecule has 0 heterocycles. The van der Waals surface area contributed by atoms with Crippen LogP contribution in [-0.4, -0.2) is 11.0 Å². The fraction of sp³-hybridized carbons (Fsp3) is 0. The van der Waals surface area contributed by atoms with E-state index in [1.165, 1.54) is 36.4 Å². The van der Waals surface area contributed by atoms with Crippen LogP contribution in [0, 0.1) is 10.1 Å². The maximum Gasteiger partial charge on any atom is 0.323 e. The molecule has 0 spiro atoms. The Hall–Kier alpha value is -3.00. The summed E-state index contributed by atoms with van der Waals surface area (Å²) < 4.78 is 5.68. The molecule has 29 heavy (non-hydrogen) atoms. The number of benzene rings is 3. The lowest BCUT2D eigenvalue weighted by atomic mass is 10.3. The van der Waals surface area contributed by atoms with Crippen molar-refractivity contribution in [2.45, 2.75) is 0 Å². The summed E-state index contributed by atoms with van der Waals surface area (Å²) in [4.78, 5) is 22.3. The van der Waals surface area contributed by atoms with Crippen molar-refractivity contribution < 1.29 is 14.5 Å². The van der Waals surface area contributed by atoms with Crippen LogP contribution in [0.1, 0.15) is 0 Å². The van der Waals surface area contributed by atoms with Gasteiger partial charge < -0.3 is 15.4 Å². The highest BCUT2D eigenvalue weighted by Gasteiger charge is 2.13. The Morgan fingerprint density at radius 3 is 1.97 bits per heavy atom. The average Bonchev–Trinajstić information content (AvgIpc) is 2.66. The van der Waals surface area contributed by atoms with Gasteiger partial charge in [0, 0.05) is 28.5 Å². The number of non-ortho nitro benzene ring substituents is 1. The fourth-order valence-corrected chi connectivity index (χ4v) is 3.00. The zero-order valence-corrected chi connectivity index (χ0v) is 16.8. The molecule has 0 radical (unpaired) electrons. The Balaban J connectivity index is 1.68. The molecule has 3 rings (SSSR count). The number of nitrogens with one attached hydrogen (secondary N) is 2. The van der Waals surface area contributed by atoms with E-state index >= 15 is 0 Å². The topological polar surface area (TPSA) is 93.5 Å². The molecule has 0 aliphatic rings. The van der Waals surface area contributed by atoms with Crippen LogP contribution >= 0.6 is 34.8 Å². The number of nitro groups is 1. The zero-order valence-electron chi connectivity index (χ0n) is 14.5. The molecule has 10 heteroatoms. The summed E-state index contributed by atoms with van der Waals surface area (Å²) in [6.45, 7) is 0. The average molecular weight is 453 g/mol. The summed E-state index contributed by atoms with van der Waals surface area (Å²) in [6, 6.07) is 14.4. The molecule has 2 N–H and O–H groups in total. The molecule has 0 aromatic heterocycles. The second-order valence-corrected chi connectivity index (χ2v) is 6.96. The number of rotatable bonds is 5. The molecule has 0 aliphatic heterocycles. The molecule has 148 valence electrons. The third-order valence-electron chi connectivity index (χ3n) is 3.63. The SMILES string of the molecule is O=C(Nc1ccc([N+](=O)[O-])cc1)Nc1cc(Cl)c(Oc2ccc(Cl)cc2)c(Cl)c1. The second-order valence-electron chi connectivity index (χ2n) is 5.71. The van der Waals surface area contributed by atoms with E-state index < -0.39 is 11.0 Å². The maximum atomic E-state index is 12.1. The van der Waals surface area contributed by atoms with E-state index in [0.717, 1.165) is 0 Å². The second kappa shape index (κ2) is 9.00. The number of carbonyl (C=O) groups excluding carboxylic acids is 1. The number of urea groups is 1. The maximum absolute atomic E-state index is 12.1. The largest absolute Gasteiger partial charge is 0.454 e. The van der Waals surface area contributed by atoms with Crippen LogP contribution in [0.2, 0.25) is 15.1 Å². The molecule has 3 aromatic rings. The van der Waals surface area contributed by atoms with Crippen LogP contribution in [0.15, 0.2) is 60.7 Å². The van der Waals surface area contributed by atoms with E-state index in [1.807, 2.05) is 0 Å². The van der Waals surface area contributed by atoms with Crippen molar-refractivity contribution in [3.63, 3.8) is 0 Å². The molecule has 0 aliphatic carbocycles. The van der Waals surface area contributed by atoms with Crippen molar-refractivity contribution >= 4 is 57.9 Å². The predicted molar refractivity (Wildman–Crippen MR) is 114 cm³/mol. The predicted octanol–water partition coefficient (Wildman–Crippen LogP) is 6.99. The summed E-state index contributed by atoms with van der Waals surface area (Å²) in [7, 11) is 0. The van der Waals surface area contributed by atoms with E-state index in [9.17, 15) is 14.9 Å². The Morgan fingerprint density at radius 2 is 1.41 bits per heavy atom. The number of nitro benzene ring substituents is 1. The van der Waals surface area contributed by atoms with E-state index in [-0.39, 0.29) is 21.5 Å². The smallest absolute Gasteiger partial charge is 0.323 e. The Labute approximate surface area is 180 Å². The first-order valence-corrected chi connectivity index (χ1v) is 9.20. The van der Waals surface area contributed by atoms with Crippen LogP contribution < -0.4 is 15.4 Å². The van der Waals surface area contributed by atoms with Gasteiger partial charge in [0.2, 0.25) is 0 Å². The highest BCUT2D eigenvalue weighted by Crippen LogP contribution is 2.39. The van der Waals surface area contributed by atoms with Crippen molar-refractivity contribution in [1.82, 2.24) is 0 Å². The molecule has 2 amide bonds. The minimum absolute atomic E-state index is 0.0780. The molecule has 0 saturated heterocycles. The number of hydrogen-bond acceptors (Lipinski definition) is 4. The first kappa shape index (κ1) is 20.7. The minimum Gasteiger partial charge on any atom is -0.454 e. The number of hydrogen-bond donors (Lipinski definition) is 2. The van der Waals surface area contributed by atoms with Crippen molar-refractivity contribution in [3.05, 3.63) is 85.8 Å². The molecular weight excluding hydrogens is 441 g/mol. The summed E-state index contributed by atoms with van der Waals surface area (Å²) in [5.74, 6) is 0.729. The van der Waals surface area contributed by atoms with E-state index in [4.69, 9.17) is 39.5 Å². The number of anilines is 2. The lowest BCUT2D eigenvalue weighted by molar-refractivity contribution is -0.384. The van der Waals surface area contributed by atoms with Gasteiger partial charge in [-0.25, -0.2) is 4.79 Å². The van der Waals surface area contributed by atoms with Gasteiger partial charge in [-0.05, 0) is 48.5 Å². The van der Waals surface area contributed by atoms with E-state index in [1.54, 1.807) is 24.3 Å². The summed E-state index contributed by atoms with van der Waals surface area (Å²) >= 11 is 18.3. The van der Waals surface area contributed by atoms with E-state index in [0.29, 0.717) is 22.1 Å². The molecule has 3 aromatic carbocycles. The Bertz CT molecular complexity index is 1030. The van der Waals surface area contributed by atoms with Gasteiger partial charge in [-0.1, -0.05) is 34.8 Å². The molecule has 0 saturated carbocycles. The first-order valence-electron chi connectivity index (χ1n) is 8.07. The van der Waals surface area contributed by atoms with Gasteiger partial charge in [-0.2, -0.15) is 0 Å². The quantitative estimate of drug-likeness (QED) is 0.322. The van der Waals surface area contributed by atoms with Gasteiger partial charge in [0.05, 0.1) is 15.0 Å². The normalized spacial score (nSPS) is 10.3. The third kappa shape index (κ3) is 5.51. The lowest BCUT2D eigenvalue weighted by Gasteiger charge is -2.13. The van der Waals surface area contributed by atoms with E-state index in [2.05, 4.69) is 10.6 Å². The molecule has 0 atom stereocenters. The first-order chi connectivity index (χ1) is 13.8. The van der Waals surface area contributed by atoms with Gasteiger partial charge in [-0.15, -0.1) is 0 Å². The standard InChI is InChI=1S/C19H12Cl3N3O4/c20-11-1-7-15(8-2-11)29-18-16(21)9-13(10-17(18)22)24-19(26)23-12-3-5-14(6-4-12)25(27)28/h1-10H,(H2,23,24,26). The van der Waals surface area contributed by atoms with Crippen molar-refractivity contribution in [1.29, 1.82) is 0 Å². The van der Waals surface area contributed by atoms with Gasteiger partial charge in [0.1, 0.15) is 5.75 Å². The number of halogens is 3.